The molecule has 0 aliphatic heterocycles. The molecule has 6 N–H and O–H groups in total. The van der Waals surface area contributed by atoms with Crippen molar-refractivity contribution in [3.05, 3.63) is 81.2 Å². The van der Waals surface area contributed by atoms with Gasteiger partial charge in [0, 0.05) is 29.8 Å². The molecular weight excluding hydrogens is 610 g/mol. The lowest BCUT2D eigenvalue weighted by Crippen LogP contribution is -2.32. The van der Waals surface area contributed by atoms with E-state index in [4.69, 9.17) is 29.3 Å². The largest absolute Gasteiger partial charge is 0.493 e. The van der Waals surface area contributed by atoms with Crippen LogP contribution in [-0.2, 0) is 9.59 Å². The number of benzene rings is 2. The number of carboxylic acids is 4. The number of nitrogens with one attached hydrogen (secondary N) is 1. The Hall–Kier alpha value is -5.61. The van der Waals surface area contributed by atoms with Gasteiger partial charge in [0.15, 0.2) is 0 Å². The molecule has 16 nitrogen and oxygen atoms in total. The molecule has 246 valence electrons. The number of aliphatic hydroxyl groups excluding tert-OH is 1. The molecule has 3 aromatic rings. The van der Waals surface area contributed by atoms with E-state index in [1.807, 2.05) is 18.2 Å². The van der Waals surface area contributed by atoms with Gasteiger partial charge in [0.05, 0.1) is 34.0 Å². The van der Waals surface area contributed by atoms with Gasteiger partial charge in [-0.1, -0.05) is 18.2 Å². The number of para-hydroxylation sites is 1. The second-order valence-corrected chi connectivity index (χ2v) is 9.60. The Morgan fingerprint density at radius 2 is 1.48 bits per heavy atom. The number of pyridine rings is 1. The summed E-state index contributed by atoms with van der Waals surface area (Å²) >= 11 is 0. The number of carboxylic acid groups (broad SMARTS) is 4. The zero-order valence-electron chi connectivity index (χ0n) is 24.8. The summed E-state index contributed by atoms with van der Waals surface area (Å²) in [6.07, 6.45) is 0.535. The Kier molecular flexibility index (Phi) is 14.0. The molecule has 3 rings (SSSR count). The van der Waals surface area contributed by atoms with Crippen molar-refractivity contribution in [3.8, 4) is 22.6 Å². The van der Waals surface area contributed by atoms with Crippen molar-refractivity contribution in [1.82, 2.24) is 10.3 Å². The van der Waals surface area contributed by atoms with E-state index in [-0.39, 0.29) is 58.3 Å². The van der Waals surface area contributed by atoms with Crippen molar-refractivity contribution < 1.29 is 59.1 Å². The van der Waals surface area contributed by atoms with Gasteiger partial charge in [-0.3, -0.25) is 15.1 Å². The number of rotatable bonds is 15. The van der Waals surface area contributed by atoms with Gasteiger partial charge in [-0.15, -0.1) is 0 Å². The summed E-state index contributed by atoms with van der Waals surface area (Å²) in [6.45, 7) is 4.10. The van der Waals surface area contributed by atoms with E-state index in [2.05, 4.69) is 10.3 Å². The van der Waals surface area contributed by atoms with Crippen molar-refractivity contribution in [1.29, 1.82) is 0 Å². The van der Waals surface area contributed by atoms with Gasteiger partial charge in [0.25, 0.3) is 5.69 Å². The first-order valence-electron chi connectivity index (χ1n) is 13.7. The first kappa shape index (κ1) is 36.6. The average molecular weight is 644 g/mol. The summed E-state index contributed by atoms with van der Waals surface area (Å²) in [5.74, 6) is -5.69. The number of nitro groups is 1. The zero-order valence-corrected chi connectivity index (χ0v) is 24.8. The molecule has 1 heterocycles. The highest BCUT2D eigenvalue weighted by Gasteiger charge is 2.29. The standard InChI is InChI=1S/C28H31N3O9.C2H2O4/c1-17-24(27(33)34)26(25(28(35)36)18(2)30-17)22-14-19(31(37)38)10-11-23(22)39-13-7-6-12-29-15-20(32)16-40-21-8-4-3-5-9-21;3-1(4)2(5)6/h3-5,8-11,14,20,29,32H,6-7,12-13,15-16H2,1-2H3,(H,33,34)(H,35,36);(H,3,4)(H,5,6)/t20-;/m1./s1. The maximum absolute atomic E-state index is 12.1. The number of carbonyl (C=O) groups is 4. The molecule has 16 heteroatoms. The van der Waals surface area contributed by atoms with Gasteiger partial charge < -0.3 is 40.3 Å². The van der Waals surface area contributed by atoms with Crippen LogP contribution >= 0.6 is 0 Å². The Morgan fingerprint density at radius 3 is 2.00 bits per heavy atom. The number of aliphatic carboxylic acids is 2. The van der Waals surface area contributed by atoms with Gasteiger partial charge in [0.1, 0.15) is 24.2 Å². The van der Waals surface area contributed by atoms with E-state index in [1.165, 1.54) is 26.0 Å². The van der Waals surface area contributed by atoms with Crippen molar-refractivity contribution in [2.45, 2.75) is 32.8 Å². The fraction of sp³-hybridized carbons (Fsp3) is 0.300. The lowest BCUT2D eigenvalue weighted by atomic mass is 9.91. The predicted octanol–water partition coefficient (Wildman–Crippen LogP) is 3.01. The number of aliphatic hydroxyl groups is 1. The topological polar surface area (TPSA) is 256 Å². The van der Waals surface area contributed by atoms with Crippen LogP contribution in [0.5, 0.6) is 11.5 Å². The van der Waals surface area contributed by atoms with E-state index >= 15 is 0 Å². The number of unbranched alkanes of at least 4 members (excludes halogenated alkanes) is 1. The Balaban J connectivity index is 0.00000112. The quantitative estimate of drug-likeness (QED) is 0.0602. The number of aromatic nitrogens is 1. The number of ether oxygens (including phenoxy) is 2. The third kappa shape index (κ3) is 10.8. The van der Waals surface area contributed by atoms with Crippen molar-refractivity contribution in [2.24, 2.45) is 0 Å². The smallest absolute Gasteiger partial charge is 0.414 e. The number of non-ortho nitro benzene ring substituents is 1. The van der Waals surface area contributed by atoms with Crippen LogP contribution in [0, 0.1) is 24.0 Å². The normalized spacial score (nSPS) is 11.0. The van der Waals surface area contributed by atoms with E-state index in [9.17, 15) is 35.0 Å². The van der Waals surface area contributed by atoms with Crippen LogP contribution in [0.2, 0.25) is 0 Å². The van der Waals surface area contributed by atoms with Crippen LogP contribution in [0.1, 0.15) is 44.9 Å². The van der Waals surface area contributed by atoms with E-state index in [1.54, 1.807) is 12.1 Å². The molecule has 0 aliphatic carbocycles. The second kappa shape index (κ2) is 17.6. The summed E-state index contributed by atoms with van der Waals surface area (Å²) < 4.78 is 11.4. The fourth-order valence-electron chi connectivity index (χ4n) is 4.17. The molecule has 0 unspecified atom stereocenters. The molecule has 1 aromatic heterocycles. The number of hydrogen-bond acceptors (Lipinski definition) is 11. The predicted molar refractivity (Wildman–Crippen MR) is 161 cm³/mol. The van der Waals surface area contributed by atoms with E-state index in [0.29, 0.717) is 31.7 Å². The van der Waals surface area contributed by atoms with Crippen LogP contribution < -0.4 is 14.8 Å². The van der Waals surface area contributed by atoms with Crippen molar-refractivity contribution in [3.63, 3.8) is 0 Å². The average Bonchev–Trinajstić information content (AvgIpc) is 2.99. The molecule has 1 atom stereocenters. The Morgan fingerprint density at radius 1 is 0.891 bits per heavy atom. The molecule has 0 radical (unpaired) electrons. The van der Waals surface area contributed by atoms with Gasteiger partial charge in [-0.2, -0.15) is 0 Å². The minimum atomic E-state index is -1.82. The highest BCUT2D eigenvalue weighted by Crippen LogP contribution is 2.39. The number of hydrogen-bond donors (Lipinski definition) is 6. The highest BCUT2D eigenvalue weighted by molar-refractivity contribution is 6.27. The van der Waals surface area contributed by atoms with Gasteiger partial charge in [-0.25, -0.2) is 19.2 Å². The number of nitro benzene ring substituents is 1. The number of aromatic carboxylic acids is 2. The summed E-state index contributed by atoms with van der Waals surface area (Å²) in [6, 6.07) is 12.8. The maximum atomic E-state index is 12.1. The van der Waals surface area contributed by atoms with Crippen LogP contribution in [0.3, 0.4) is 0 Å². The first-order chi connectivity index (χ1) is 21.7. The molecule has 0 spiro atoms. The molecule has 0 bridgehead atoms. The molecule has 46 heavy (non-hydrogen) atoms. The first-order valence-corrected chi connectivity index (χ1v) is 13.7. The fourth-order valence-corrected chi connectivity index (χ4v) is 4.17. The monoisotopic (exact) mass is 643 g/mol. The lowest BCUT2D eigenvalue weighted by Gasteiger charge is -2.18. The zero-order chi connectivity index (χ0) is 34.4. The number of nitrogens with zero attached hydrogens (tertiary/aromatic N) is 2. The van der Waals surface area contributed by atoms with Crippen LogP contribution in [0.4, 0.5) is 5.69 Å². The van der Waals surface area contributed by atoms with Crippen LogP contribution in [-0.4, -0.2) is 91.7 Å². The highest BCUT2D eigenvalue weighted by atomic mass is 16.6. The van der Waals surface area contributed by atoms with Gasteiger partial charge >= 0.3 is 23.9 Å². The third-order valence-electron chi connectivity index (χ3n) is 6.18. The van der Waals surface area contributed by atoms with Crippen molar-refractivity contribution >= 4 is 29.6 Å². The molecule has 0 saturated carbocycles. The second-order valence-electron chi connectivity index (χ2n) is 9.60. The van der Waals surface area contributed by atoms with Crippen LogP contribution in [0.25, 0.3) is 11.1 Å². The SMILES string of the molecule is Cc1nc(C)c(C(=O)O)c(-c2cc([N+](=O)[O-])ccc2OCCCCNC[C@@H](O)COc2ccccc2)c1C(=O)O.O=C(O)C(=O)O. The Bertz CT molecular complexity index is 1510. The summed E-state index contributed by atoms with van der Waals surface area (Å²) in [4.78, 5) is 57.3. The van der Waals surface area contributed by atoms with Crippen molar-refractivity contribution in [2.75, 3.05) is 26.3 Å². The molecular formula is C30H33N3O13. The summed E-state index contributed by atoms with van der Waals surface area (Å²) in [5.41, 5.74) is -1.15. The molecule has 0 fully saturated rings. The Labute approximate surface area is 262 Å². The minimum Gasteiger partial charge on any atom is -0.493 e. The number of aryl methyl sites for hydroxylation is 2. The lowest BCUT2D eigenvalue weighted by molar-refractivity contribution is -0.384. The van der Waals surface area contributed by atoms with E-state index in [0.717, 1.165) is 6.07 Å². The van der Waals surface area contributed by atoms with Gasteiger partial charge in [0.2, 0.25) is 0 Å². The van der Waals surface area contributed by atoms with E-state index < -0.39 is 34.9 Å². The summed E-state index contributed by atoms with van der Waals surface area (Å²) in [7, 11) is 0. The molecule has 2 aromatic carbocycles. The van der Waals surface area contributed by atoms with Crippen LogP contribution in [0.15, 0.2) is 48.5 Å². The third-order valence-corrected chi connectivity index (χ3v) is 6.18. The molecule has 0 saturated heterocycles. The summed E-state index contributed by atoms with van der Waals surface area (Å²) in [5, 5.41) is 59.2. The maximum Gasteiger partial charge on any atom is 0.414 e. The molecule has 0 aliphatic rings. The van der Waals surface area contributed by atoms with Gasteiger partial charge in [-0.05, 0) is 51.4 Å². The molecule has 0 amide bonds. The minimum absolute atomic E-state index is 0.0164.